The molecule has 1 atom stereocenters. The van der Waals surface area contributed by atoms with Gasteiger partial charge in [-0.3, -0.25) is 14.5 Å². The Morgan fingerprint density at radius 1 is 1.40 bits per heavy atom. The average Bonchev–Trinajstić information content (AvgIpc) is 2.53. The van der Waals surface area contributed by atoms with Crippen molar-refractivity contribution >= 4 is 23.6 Å². The Kier molecular flexibility index (Phi) is 7.28. The van der Waals surface area contributed by atoms with Gasteiger partial charge in [0.25, 0.3) is 0 Å². The fourth-order valence-electron chi connectivity index (χ4n) is 2.89. The number of aryl methyl sites for hydroxylation is 2. The SMILES string of the molecule is Cc1ccc(SCC(=O)N2CCOC(CN(C)CC(=O)O)C2)c(C)c1. The third kappa shape index (κ3) is 6.34. The molecule has 0 radical (unpaired) electrons. The van der Waals surface area contributed by atoms with Crippen molar-refractivity contribution in [3.05, 3.63) is 29.3 Å². The van der Waals surface area contributed by atoms with E-state index >= 15 is 0 Å². The summed E-state index contributed by atoms with van der Waals surface area (Å²) in [6.45, 7) is 6.18. The second-order valence-corrected chi connectivity index (χ2v) is 7.50. The maximum atomic E-state index is 12.5. The predicted octanol–water partition coefficient (Wildman–Crippen LogP) is 1.64. The van der Waals surface area contributed by atoms with Crippen LogP contribution in [0.4, 0.5) is 0 Å². The van der Waals surface area contributed by atoms with E-state index in [0.29, 0.717) is 32.0 Å². The molecule has 1 aliphatic rings. The van der Waals surface area contributed by atoms with E-state index < -0.39 is 5.97 Å². The van der Waals surface area contributed by atoms with Crippen molar-refractivity contribution < 1.29 is 19.4 Å². The topological polar surface area (TPSA) is 70.1 Å². The number of aliphatic carboxylic acids is 1. The number of thioether (sulfide) groups is 1. The van der Waals surface area contributed by atoms with Crippen LogP contribution in [0.2, 0.25) is 0 Å². The van der Waals surface area contributed by atoms with Gasteiger partial charge in [-0.05, 0) is 32.5 Å². The monoisotopic (exact) mass is 366 g/mol. The van der Waals surface area contributed by atoms with Gasteiger partial charge in [0, 0.05) is 24.5 Å². The lowest BCUT2D eigenvalue weighted by Crippen LogP contribution is -2.50. The van der Waals surface area contributed by atoms with E-state index in [1.807, 2.05) is 4.90 Å². The first-order valence-electron chi connectivity index (χ1n) is 8.35. The van der Waals surface area contributed by atoms with Crippen LogP contribution in [0.25, 0.3) is 0 Å². The summed E-state index contributed by atoms with van der Waals surface area (Å²) < 4.78 is 5.67. The molecule has 1 unspecified atom stereocenters. The lowest BCUT2D eigenvalue weighted by molar-refractivity contribution is -0.141. The second-order valence-electron chi connectivity index (χ2n) is 6.48. The highest BCUT2D eigenvalue weighted by molar-refractivity contribution is 8.00. The van der Waals surface area contributed by atoms with Crippen LogP contribution in [-0.4, -0.2) is 78.5 Å². The molecule has 7 heteroatoms. The molecule has 138 valence electrons. The number of carboxylic acid groups (broad SMARTS) is 1. The second kappa shape index (κ2) is 9.22. The number of hydrogen-bond donors (Lipinski definition) is 1. The minimum Gasteiger partial charge on any atom is -0.480 e. The Morgan fingerprint density at radius 2 is 2.16 bits per heavy atom. The Hall–Kier alpha value is -1.57. The first kappa shape index (κ1) is 19.8. The van der Waals surface area contributed by atoms with E-state index in [4.69, 9.17) is 9.84 Å². The first-order chi connectivity index (χ1) is 11.8. The smallest absolute Gasteiger partial charge is 0.317 e. The van der Waals surface area contributed by atoms with Gasteiger partial charge in [0.1, 0.15) is 0 Å². The van der Waals surface area contributed by atoms with E-state index in [9.17, 15) is 9.59 Å². The number of rotatable bonds is 7. The van der Waals surface area contributed by atoms with Gasteiger partial charge in [0.05, 0.1) is 25.0 Å². The molecular weight excluding hydrogens is 340 g/mol. The molecule has 0 spiro atoms. The van der Waals surface area contributed by atoms with Gasteiger partial charge < -0.3 is 14.7 Å². The van der Waals surface area contributed by atoms with Crippen molar-refractivity contribution in [3.63, 3.8) is 0 Å². The lowest BCUT2D eigenvalue weighted by atomic mass is 10.2. The number of ether oxygens (including phenoxy) is 1. The molecule has 6 nitrogen and oxygen atoms in total. The molecule has 1 saturated heterocycles. The number of hydrogen-bond acceptors (Lipinski definition) is 5. The summed E-state index contributed by atoms with van der Waals surface area (Å²) in [5.74, 6) is -0.364. The number of carbonyl (C=O) groups excluding carboxylic acids is 1. The summed E-state index contributed by atoms with van der Waals surface area (Å²) in [5.41, 5.74) is 2.41. The number of benzene rings is 1. The maximum absolute atomic E-state index is 12.5. The summed E-state index contributed by atoms with van der Waals surface area (Å²) in [4.78, 5) is 27.9. The Morgan fingerprint density at radius 3 is 2.84 bits per heavy atom. The first-order valence-corrected chi connectivity index (χ1v) is 9.33. The zero-order valence-electron chi connectivity index (χ0n) is 15.0. The summed E-state index contributed by atoms with van der Waals surface area (Å²) >= 11 is 1.56. The number of morpholine rings is 1. The van der Waals surface area contributed by atoms with E-state index in [0.717, 1.165) is 4.90 Å². The molecule has 1 fully saturated rings. The number of nitrogens with zero attached hydrogens (tertiary/aromatic N) is 2. The van der Waals surface area contributed by atoms with Gasteiger partial charge in [-0.15, -0.1) is 11.8 Å². The van der Waals surface area contributed by atoms with Crippen molar-refractivity contribution in [2.45, 2.75) is 24.8 Å². The van der Waals surface area contributed by atoms with Gasteiger partial charge in [-0.25, -0.2) is 0 Å². The summed E-state index contributed by atoms with van der Waals surface area (Å²) in [5, 5.41) is 8.82. The van der Waals surface area contributed by atoms with Gasteiger partial charge in [-0.1, -0.05) is 17.7 Å². The molecule has 1 heterocycles. The Bertz CT molecular complexity index is 623. The molecule has 1 aromatic rings. The zero-order valence-corrected chi connectivity index (χ0v) is 15.8. The molecule has 0 bridgehead atoms. The number of carboxylic acids is 1. The van der Waals surface area contributed by atoms with Crippen LogP contribution in [-0.2, 0) is 14.3 Å². The van der Waals surface area contributed by atoms with Crippen LogP contribution in [0.3, 0.4) is 0 Å². The van der Waals surface area contributed by atoms with Crippen LogP contribution >= 0.6 is 11.8 Å². The molecular formula is C18H26N2O4S. The molecule has 1 N–H and O–H groups in total. The quantitative estimate of drug-likeness (QED) is 0.740. The molecule has 1 aliphatic heterocycles. The Balaban J connectivity index is 1.83. The number of carbonyl (C=O) groups is 2. The molecule has 1 amide bonds. The number of amides is 1. The zero-order chi connectivity index (χ0) is 18.4. The largest absolute Gasteiger partial charge is 0.480 e. The van der Waals surface area contributed by atoms with E-state index in [1.54, 1.807) is 23.7 Å². The fraction of sp³-hybridized carbons (Fsp3) is 0.556. The molecule has 1 aromatic carbocycles. The summed E-state index contributed by atoms with van der Waals surface area (Å²) in [6.07, 6.45) is -0.145. The van der Waals surface area contributed by atoms with E-state index in [-0.39, 0.29) is 18.6 Å². The third-order valence-corrected chi connectivity index (χ3v) is 5.25. The van der Waals surface area contributed by atoms with Gasteiger partial charge in [0.15, 0.2) is 0 Å². The normalized spacial score (nSPS) is 17.8. The molecule has 0 aromatic heterocycles. The standard InChI is InChI=1S/C18H26N2O4S/c1-13-4-5-16(14(2)8-13)25-12-17(21)20-6-7-24-15(10-20)9-19(3)11-18(22)23/h4-5,8,15H,6-7,9-12H2,1-3H3,(H,22,23). The fourth-order valence-corrected chi connectivity index (χ4v) is 3.80. The van der Waals surface area contributed by atoms with Gasteiger partial charge in [-0.2, -0.15) is 0 Å². The van der Waals surface area contributed by atoms with Crippen LogP contribution in [0, 0.1) is 13.8 Å². The summed E-state index contributed by atoms with van der Waals surface area (Å²) in [7, 11) is 1.74. The molecule has 25 heavy (non-hydrogen) atoms. The van der Waals surface area contributed by atoms with Crippen LogP contribution in [0.1, 0.15) is 11.1 Å². The van der Waals surface area contributed by atoms with Crippen molar-refractivity contribution in [2.75, 3.05) is 45.6 Å². The van der Waals surface area contributed by atoms with Crippen molar-refractivity contribution in [1.82, 2.24) is 9.80 Å². The summed E-state index contributed by atoms with van der Waals surface area (Å²) in [6, 6.07) is 6.24. The van der Waals surface area contributed by atoms with Gasteiger partial charge in [0.2, 0.25) is 5.91 Å². The average molecular weight is 366 g/mol. The minimum atomic E-state index is -0.865. The van der Waals surface area contributed by atoms with Gasteiger partial charge >= 0.3 is 5.97 Å². The third-order valence-electron chi connectivity index (χ3n) is 4.09. The van der Waals surface area contributed by atoms with Crippen LogP contribution in [0.5, 0.6) is 0 Å². The van der Waals surface area contributed by atoms with E-state index in [1.165, 1.54) is 11.1 Å². The van der Waals surface area contributed by atoms with Crippen molar-refractivity contribution in [1.29, 1.82) is 0 Å². The van der Waals surface area contributed by atoms with Crippen LogP contribution in [0.15, 0.2) is 23.1 Å². The molecule has 2 rings (SSSR count). The van der Waals surface area contributed by atoms with Crippen molar-refractivity contribution in [2.24, 2.45) is 0 Å². The maximum Gasteiger partial charge on any atom is 0.317 e. The highest BCUT2D eigenvalue weighted by Crippen LogP contribution is 2.23. The lowest BCUT2D eigenvalue weighted by Gasteiger charge is -2.34. The highest BCUT2D eigenvalue weighted by atomic mass is 32.2. The van der Waals surface area contributed by atoms with Crippen LogP contribution < -0.4 is 0 Å². The molecule has 0 saturated carbocycles. The minimum absolute atomic E-state index is 0.0314. The van der Waals surface area contributed by atoms with Crippen molar-refractivity contribution in [3.8, 4) is 0 Å². The number of likely N-dealkylation sites (N-methyl/N-ethyl adjacent to an activating group) is 1. The molecule has 0 aliphatic carbocycles. The highest BCUT2D eigenvalue weighted by Gasteiger charge is 2.25. The Labute approximate surface area is 153 Å². The predicted molar refractivity (Wildman–Crippen MR) is 98.1 cm³/mol. The van der Waals surface area contributed by atoms with E-state index in [2.05, 4.69) is 32.0 Å².